The van der Waals surface area contributed by atoms with Crippen molar-refractivity contribution in [2.24, 2.45) is 0 Å². The molecule has 0 aliphatic carbocycles. The first kappa shape index (κ1) is 20.4. The van der Waals surface area contributed by atoms with Crippen LogP contribution in [-0.2, 0) is 11.2 Å². The first-order chi connectivity index (χ1) is 13.6. The third kappa shape index (κ3) is 6.10. The van der Waals surface area contributed by atoms with E-state index in [1.165, 1.54) is 16.7 Å². The van der Waals surface area contributed by atoms with Gasteiger partial charge in [0.25, 0.3) is 0 Å². The summed E-state index contributed by atoms with van der Waals surface area (Å²) in [5.74, 6) is 1.15. The molecule has 0 unspecified atom stereocenters. The van der Waals surface area contributed by atoms with Crippen molar-refractivity contribution < 1.29 is 9.53 Å². The summed E-state index contributed by atoms with van der Waals surface area (Å²) in [6, 6.07) is 16.7. The van der Waals surface area contributed by atoms with Crippen LogP contribution in [0.4, 0.5) is 0 Å². The SMILES string of the molecule is Cc1cccc(C)c1OC1CCN(CC(=O)NCCCc2ccccc2)CC1. The Labute approximate surface area is 168 Å². The van der Waals surface area contributed by atoms with Crippen molar-refractivity contribution in [3.8, 4) is 5.75 Å². The lowest BCUT2D eigenvalue weighted by Crippen LogP contribution is -2.44. The quantitative estimate of drug-likeness (QED) is 0.707. The molecular weight excluding hydrogens is 348 g/mol. The highest BCUT2D eigenvalue weighted by atomic mass is 16.5. The summed E-state index contributed by atoms with van der Waals surface area (Å²) in [7, 11) is 0. The Morgan fingerprint density at radius 3 is 2.39 bits per heavy atom. The summed E-state index contributed by atoms with van der Waals surface area (Å²) in [5, 5.41) is 3.05. The van der Waals surface area contributed by atoms with Crippen molar-refractivity contribution >= 4 is 5.91 Å². The number of aryl methyl sites for hydroxylation is 3. The van der Waals surface area contributed by atoms with Gasteiger partial charge in [-0.2, -0.15) is 0 Å². The number of nitrogens with one attached hydrogen (secondary N) is 1. The number of carbonyl (C=O) groups excluding carboxylic acids is 1. The third-order valence-corrected chi connectivity index (χ3v) is 5.40. The number of ether oxygens (including phenoxy) is 1. The average Bonchev–Trinajstić information content (AvgIpc) is 2.70. The molecule has 3 rings (SSSR count). The second-order valence-electron chi connectivity index (χ2n) is 7.75. The van der Waals surface area contributed by atoms with Crippen LogP contribution in [-0.4, -0.2) is 43.1 Å². The second kappa shape index (κ2) is 10.3. The standard InChI is InChI=1S/C24H32N2O2/c1-19-8-6-9-20(2)24(19)28-22-13-16-26(17-14-22)18-23(27)25-15-7-12-21-10-4-3-5-11-21/h3-6,8-11,22H,7,12-18H2,1-2H3,(H,25,27). The molecular formula is C24H32N2O2. The molecule has 1 N–H and O–H groups in total. The minimum atomic E-state index is 0.127. The third-order valence-electron chi connectivity index (χ3n) is 5.40. The maximum atomic E-state index is 12.2. The normalized spacial score (nSPS) is 15.4. The van der Waals surface area contributed by atoms with Gasteiger partial charge in [0, 0.05) is 19.6 Å². The van der Waals surface area contributed by atoms with Gasteiger partial charge < -0.3 is 10.1 Å². The Hall–Kier alpha value is -2.33. The predicted molar refractivity (Wildman–Crippen MR) is 114 cm³/mol. The van der Waals surface area contributed by atoms with Crippen LogP contribution in [0.5, 0.6) is 5.75 Å². The molecule has 1 saturated heterocycles. The van der Waals surface area contributed by atoms with Gasteiger partial charge in [-0.05, 0) is 56.2 Å². The second-order valence-corrected chi connectivity index (χ2v) is 7.75. The number of hydrogen-bond acceptors (Lipinski definition) is 3. The zero-order valence-electron chi connectivity index (χ0n) is 17.1. The van der Waals surface area contributed by atoms with E-state index in [1.807, 2.05) is 6.07 Å². The van der Waals surface area contributed by atoms with Gasteiger partial charge in [0.1, 0.15) is 11.9 Å². The monoisotopic (exact) mass is 380 g/mol. The number of piperidine rings is 1. The number of nitrogens with zero attached hydrogens (tertiary/aromatic N) is 1. The lowest BCUT2D eigenvalue weighted by Gasteiger charge is -2.32. The molecule has 1 fully saturated rings. The van der Waals surface area contributed by atoms with Crippen molar-refractivity contribution in [1.29, 1.82) is 0 Å². The number of para-hydroxylation sites is 1. The van der Waals surface area contributed by atoms with Gasteiger partial charge in [0.15, 0.2) is 0 Å². The van der Waals surface area contributed by atoms with Gasteiger partial charge >= 0.3 is 0 Å². The lowest BCUT2D eigenvalue weighted by atomic mass is 10.1. The molecule has 1 aliphatic rings. The number of amides is 1. The van der Waals surface area contributed by atoms with Crippen molar-refractivity contribution in [2.45, 2.75) is 45.6 Å². The maximum absolute atomic E-state index is 12.2. The van der Waals surface area contributed by atoms with E-state index in [0.29, 0.717) is 6.54 Å². The number of carbonyl (C=O) groups is 1. The highest BCUT2D eigenvalue weighted by molar-refractivity contribution is 5.77. The summed E-state index contributed by atoms with van der Waals surface area (Å²) in [4.78, 5) is 14.4. The topological polar surface area (TPSA) is 41.6 Å². The predicted octanol–water partition coefficient (Wildman–Crippen LogP) is 3.90. The van der Waals surface area contributed by atoms with E-state index in [0.717, 1.165) is 51.1 Å². The van der Waals surface area contributed by atoms with E-state index in [4.69, 9.17) is 4.74 Å². The van der Waals surface area contributed by atoms with E-state index in [9.17, 15) is 4.79 Å². The molecule has 0 saturated carbocycles. The summed E-state index contributed by atoms with van der Waals surface area (Å²) >= 11 is 0. The molecule has 150 valence electrons. The van der Waals surface area contributed by atoms with E-state index in [-0.39, 0.29) is 12.0 Å². The molecule has 1 amide bonds. The van der Waals surface area contributed by atoms with Crippen molar-refractivity contribution in [3.05, 3.63) is 65.2 Å². The molecule has 4 nitrogen and oxygen atoms in total. The van der Waals surface area contributed by atoms with E-state index >= 15 is 0 Å². The van der Waals surface area contributed by atoms with E-state index in [1.54, 1.807) is 0 Å². The fourth-order valence-corrected chi connectivity index (χ4v) is 3.76. The zero-order chi connectivity index (χ0) is 19.8. The fourth-order valence-electron chi connectivity index (χ4n) is 3.76. The van der Waals surface area contributed by atoms with Gasteiger partial charge in [0.2, 0.25) is 5.91 Å². The Kier molecular flexibility index (Phi) is 7.49. The first-order valence-electron chi connectivity index (χ1n) is 10.4. The van der Waals surface area contributed by atoms with Crippen molar-refractivity contribution in [1.82, 2.24) is 10.2 Å². The van der Waals surface area contributed by atoms with E-state index < -0.39 is 0 Å². The van der Waals surface area contributed by atoms with Crippen molar-refractivity contribution in [3.63, 3.8) is 0 Å². The van der Waals surface area contributed by atoms with Crippen LogP contribution >= 0.6 is 0 Å². The average molecular weight is 381 g/mol. The van der Waals surface area contributed by atoms with Crippen LogP contribution in [0.15, 0.2) is 48.5 Å². The van der Waals surface area contributed by atoms with Gasteiger partial charge in [-0.1, -0.05) is 48.5 Å². The number of rotatable bonds is 8. The molecule has 0 spiro atoms. The van der Waals surface area contributed by atoms with Crippen LogP contribution in [0, 0.1) is 13.8 Å². The highest BCUT2D eigenvalue weighted by Gasteiger charge is 2.22. The Morgan fingerprint density at radius 1 is 1.04 bits per heavy atom. The fraction of sp³-hybridized carbons (Fsp3) is 0.458. The van der Waals surface area contributed by atoms with Gasteiger partial charge in [-0.25, -0.2) is 0 Å². The minimum Gasteiger partial charge on any atom is -0.490 e. The summed E-state index contributed by atoms with van der Waals surface area (Å²) in [6.07, 6.45) is 4.15. The molecule has 0 aromatic heterocycles. The highest BCUT2D eigenvalue weighted by Crippen LogP contribution is 2.26. The largest absolute Gasteiger partial charge is 0.490 e. The Balaban J connectivity index is 1.33. The number of hydrogen-bond donors (Lipinski definition) is 1. The molecule has 4 heteroatoms. The maximum Gasteiger partial charge on any atom is 0.234 e. The minimum absolute atomic E-state index is 0.127. The molecule has 0 radical (unpaired) electrons. The van der Waals surface area contributed by atoms with Gasteiger partial charge in [-0.3, -0.25) is 9.69 Å². The molecule has 1 heterocycles. The van der Waals surface area contributed by atoms with Gasteiger partial charge in [-0.15, -0.1) is 0 Å². The van der Waals surface area contributed by atoms with Crippen molar-refractivity contribution in [2.75, 3.05) is 26.2 Å². The van der Waals surface area contributed by atoms with Gasteiger partial charge in [0.05, 0.1) is 6.54 Å². The van der Waals surface area contributed by atoms with Crippen LogP contribution in [0.25, 0.3) is 0 Å². The summed E-state index contributed by atoms with van der Waals surface area (Å²) in [6.45, 7) is 7.24. The molecule has 2 aromatic carbocycles. The summed E-state index contributed by atoms with van der Waals surface area (Å²) < 4.78 is 6.26. The van der Waals surface area contributed by atoms with Crippen LogP contribution < -0.4 is 10.1 Å². The van der Waals surface area contributed by atoms with Crippen LogP contribution in [0.2, 0.25) is 0 Å². The van der Waals surface area contributed by atoms with Crippen LogP contribution in [0.3, 0.4) is 0 Å². The van der Waals surface area contributed by atoms with E-state index in [2.05, 4.69) is 66.5 Å². The molecule has 28 heavy (non-hydrogen) atoms. The van der Waals surface area contributed by atoms with Crippen LogP contribution in [0.1, 0.15) is 36.0 Å². The molecule has 1 aliphatic heterocycles. The first-order valence-corrected chi connectivity index (χ1v) is 10.4. The molecule has 0 bridgehead atoms. The molecule has 2 aromatic rings. The zero-order valence-corrected chi connectivity index (χ0v) is 17.1. The summed E-state index contributed by atoms with van der Waals surface area (Å²) in [5.41, 5.74) is 3.71. The molecule has 0 atom stereocenters. The Bertz CT molecular complexity index is 732. The number of benzene rings is 2. The Morgan fingerprint density at radius 2 is 1.71 bits per heavy atom. The number of likely N-dealkylation sites (tertiary alicyclic amines) is 1. The smallest absolute Gasteiger partial charge is 0.234 e. The lowest BCUT2D eigenvalue weighted by molar-refractivity contribution is -0.122.